The van der Waals surface area contributed by atoms with Crippen molar-refractivity contribution in [2.75, 3.05) is 32.8 Å². The number of aryl methyl sites for hydroxylation is 2. The molecule has 138 valence electrons. The number of benzene rings is 1. The van der Waals surface area contributed by atoms with Gasteiger partial charge in [-0.3, -0.25) is 9.59 Å². The third-order valence-electron chi connectivity index (χ3n) is 4.37. The van der Waals surface area contributed by atoms with Crippen molar-refractivity contribution in [2.45, 2.75) is 20.3 Å². The lowest BCUT2D eigenvalue weighted by molar-refractivity contribution is -0.133. The summed E-state index contributed by atoms with van der Waals surface area (Å²) in [5.74, 6) is 1.05. The molecule has 1 fully saturated rings. The number of rotatable bonds is 4. The van der Waals surface area contributed by atoms with Crippen LogP contribution in [0.25, 0.3) is 0 Å². The fourth-order valence-corrected chi connectivity index (χ4v) is 2.87. The number of ether oxygens (including phenoxy) is 1. The molecule has 2 heterocycles. The van der Waals surface area contributed by atoms with Gasteiger partial charge in [0.1, 0.15) is 11.5 Å². The van der Waals surface area contributed by atoms with Crippen LogP contribution in [0.1, 0.15) is 28.2 Å². The molecule has 7 nitrogen and oxygen atoms in total. The molecule has 1 aromatic carbocycles. The summed E-state index contributed by atoms with van der Waals surface area (Å²) < 4.78 is 10.5. The minimum absolute atomic E-state index is 0.000508. The summed E-state index contributed by atoms with van der Waals surface area (Å²) in [7, 11) is 0. The summed E-state index contributed by atoms with van der Waals surface area (Å²) in [6, 6.07) is 9.23. The van der Waals surface area contributed by atoms with E-state index in [1.807, 2.05) is 31.2 Å². The second-order valence-corrected chi connectivity index (χ2v) is 6.45. The van der Waals surface area contributed by atoms with Gasteiger partial charge in [-0.1, -0.05) is 22.9 Å². The highest BCUT2D eigenvalue weighted by Crippen LogP contribution is 2.13. The Hall–Kier alpha value is -2.83. The Morgan fingerprint density at radius 3 is 2.46 bits per heavy atom. The Labute approximate surface area is 152 Å². The highest BCUT2D eigenvalue weighted by Gasteiger charge is 2.24. The van der Waals surface area contributed by atoms with Gasteiger partial charge in [0, 0.05) is 32.2 Å². The molecule has 1 aromatic heterocycles. The zero-order chi connectivity index (χ0) is 18.5. The minimum atomic E-state index is -0.160. The van der Waals surface area contributed by atoms with Crippen molar-refractivity contribution < 1.29 is 18.8 Å². The van der Waals surface area contributed by atoms with E-state index in [1.54, 1.807) is 22.8 Å². The Balaban J connectivity index is 1.52. The molecule has 0 radical (unpaired) electrons. The molecule has 2 aromatic rings. The van der Waals surface area contributed by atoms with E-state index in [0.717, 1.165) is 12.0 Å². The first-order chi connectivity index (χ1) is 12.5. The van der Waals surface area contributed by atoms with E-state index >= 15 is 0 Å². The van der Waals surface area contributed by atoms with Gasteiger partial charge in [0.2, 0.25) is 0 Å². The predicted molar refractivity (Wildman–Crippen MR) is 95.0 cm³/mol. The molecule has 0 saturated carbocycles. The summed E-state index contributed by atoms with van der Waals surface area (Å²) in [4.78, 5) is 28.3. The summed E-state index contributed by atoms with van der Waals surface area (Å²) >= 11 is 0. The molecule has 7 heteroatoms. The predicted octanol–water partition coefficient (Wildman–Crippen LogP) is 2.04. The lowest BCUT2D eigenvalue weighted by Gasteiger charge is -2.21. The maximum Gasteiger partial charge on any atom is 0.276 e. The largest absolute Gasteiger partial charge is 0.484 e. The molecule has 0 unspecified atom stereocenters. The Morgan fingerprint density at radius 2 is 1.77 bits per heavy atom. The van der Waals surface area contributed by atoms with Gasteiger partial charge < -0.3 is 19.1 Å². The molecule has 2 amide bonds. The monoisotopic (exact) mass is 357 g/mol. The number of amides is 2. The number of nitrogens with zero attached hydrogens (tertiary/aromatic N) is 3. The van der Waals surface area contributed by atoms with E-state index in [4.69, 9.17) is 9.26 Å². The topological polar surface area (TPSA) is 75.9 Å². The van der Waals surface area contributed by atoms with Crippen LogP contribution in [0.2, 0.25) is 0 Å². The normalized spacial score (nSPS) is 14.8. The zero-order valence-corrected chi connectivity index (χ0v) is 15.1. The molecule has 0 aliphatic carbocycles. The van der Waals surface area contributed by atoms with Gasteiger partial charge in [0.25, 0.3) is 11.8 Å². The van der Waals surface area contributed by atoms with Crippen LogP contribution < -0.4 is 4.74 Å². The third-order valence-corrected chi connectivity index (χ3v) is 4.37. The van der Waals surface area contributed by atoms with E-state index in [2.05, 4.69) is 5.16 Å². The molecular formula is C19H23N3O4. The van der Waals surface area contributed by atoms with Crippen LogP contribution in [0.5, 0.6) is 5.75 Å². The smallest absolute Gasteiger partial charge is 0.276 e. The van der Waals surface area contributed by atoms with Crippen molar-refractivity contribution >= 4 is 11.8 Å². The number of carbonyl (C=O) groups is 2. The molecule has 3 rings (SSSR count). The summed E-state index contributed by atoms with van der Waals surface area (Å²) in [5, 5.41) is 3.78. The average molecular weight is 357 g/mol. The summed E-state index contributed by atoms with van der Waals surface area (Å²) in [6.45, 7) is 5.91. The molecule has 0 bridgehead atoms. The standard InChI is InChI=1S/C19H23N3O4/c1-14-4-6-16(7-5-14)25-13-18(23)21-8-3-9-22(11-10-21)19(24)17-12-15(2)26-20-17/h4-7,12H,3,8-11,13H2,1-2H3. The van der Waals surface area contributed by atoms with Crippen LogP contribution in [0.4, 0.5) is 0 Å². The SMILES string of the molecule is Cc1ccc(OCC(=O)N2CCCN(C(=O)c3cc(C)on3)CC2)cc1. The summed E-state index contributed by atoms with van der Waals surface area (Å²) in [6.07, 6.45) is 0.721. The Morgan fingerprint density at radius 1 is 1.08 bits per heavy atom. The van der Waals surface area contributed by atoms with Gasteiger partial charge in [0.05, 0.1) is 0 Å². The molecule has 0 spiro atoms. The first kappa shape index (κ1) is 18.0. The van der Waals surface area contributed by atoms with E-state index in [1.165, 1.54) is 0 Å². The molecule has 1 saturated heterocycles. The maximum absolute atomic E-state index is 12.5. The van der Waals surface area contributed by atoms with Crippen molar-refractivity contribution in [1.82, 2.24) is 15.0 Å². The van der Waals surface area contributed by atoms with E-state index in [9.17, 15) is 9.59 Å². The molecule has 1 aliphatic heterocycles. The van der Waals surface area contributed by atoms with Crippen LogP contribution in [0.15, 0.2) is 34.9 Å². The van der Waals surface area contributed by atoms with Crippen LogP contribution in [-0.4, -0.2) is 59.6 Å². The van der Waals surface area contributed by atoms with Gasteiger partial charge >= 0.3 is 0 Å². The van der Waals surface area contributed by atoms with Crippen molar-refractivity contribution in [3.05, 3.63) is 47.3 Å². The molecule has 1 aliphatic rings. The van der Waals surface area contributed by atoms with E-state index in [-0.39, 0.29) is 18.4 Å². The van der Waals surface area contributed by atoms with Crippen molar-refractivity contribution in [1.29, 1.82) is 0 Å². The van der Waals surface area contributed by atoms with E-state index < -0.39 is 0 Å². The van der Waals surface area contributed by atoms with Crippen LogP contribution in [0, 0.1) is 13.8 Å². The van der Waals surface area contributed by atoms with Gasteiger partial charge in [0.15, 0.2) is 12.3 Å². The number of carbonyl (C=O) groups excluding carboxylic acids is 2. The van der Waals surface area contributed by atoms with Crippen molar-refractivity contribution in [3.8, 4) is 5.75 Å². The number of aromatic nitrogens is 1. The maximum atomic E-state index is 12.5. The second-order valence-electron chi connectivity index (χ2n) is 6.45. The van der Waals surface area contributed by atoms with Crippen LogP contribution >= 0.6 is 0 Å². The van der Waals surface area contributed by atoms with Crippen LogP contribution in [0.3, 0.4) is 0 Å². The van der Waals surface area contributed by atoms with Gasteiger partial charge in [-0.15, -0.1) is 0 Å². The zero-order valence-electron chi connectivity index (χ0n) is 15.1. The first-order valence-corrected chi connectivity index (χ1v) is 8.73. The van der Waals surface area contributed by atoms with Gasteiger partial charge in [-0.05, 0) is 32.4 Å². The molecular weight excluding hydrogens is 334 g/mol. The summed E-state index contributed by atoms with van der Waals surface area (Å²) in [5.41, 5.74) is 1.45. The quantitative estimate of drug-likeness (QED) is 0.837. The highest BCUT2D eigenvalue weighted by atomic mass is 16.5. The Kier molecular flexibility index (Phi) is 5.55. The molecule has 0 N–H and O–H groups in total. The number of hydrogen-bond donors (Lipinski definition) is 0. The fourth-order valence-electron chi connectivity index (χ4n) is 2.87. The van der Waals surface area contributed by atoms with Gasteiger partial charge in [-0.25, -0.2) is 0 Å². The lowest BCUT2D eigenvalue weighted by atomic mass is 10.2. The van der Waals surface area contributed by atoms with Crippen LogP contribution in [-0.2, 0) is 4.79 Å². The average Bonchev–Trinajstić information content (AvgIpc) is 2.92. The lowest BCUT2D eigenvalue weighted by Crippen LogP contribution is -2.39. The van der Waals surface area contributed by atoms with E-state index in [0.29, 0.717) is 43.4 Å². The minimum Gasteiger partial charge on any atom is -0.484 e. The molecule has 0 atom stereocenters. The highest BCUT2D eigenvalue weighted by molar-refractivity contribution is 5.92. The second kappa shape index (κ2) is 8.03. The Bertz CT molecular complexity index is 769. The number of hydrogen-bond acceptors (Lipinski definition) is 5. The van der Waals surface area contributed by atoms with Gasteiger partial charge in [-0.2, -0.15) is 0 Å². The third kappa shape index (κ3) is 4.41. The van der Waals surface area contributed by atoms with Crippen molar-refractivity contribution in [3.63, 3.8) is 0 Å². The fraction of sp³-hybridized carbons (Fsp3) is 0.421. The first-order valence-electron chi connectivity index (χ1n) is 8.73. The molecule has 26 heavy (non-hydrogen) atoms. The van der Waals surface area contributed by atoms with Crippen molar-refractivity contribution in [2.24, 2.45) is 0 Å².